The Balaban J connectivity index is 1.56. The van der Waals surface area contributed by atoms with Gasteiger partial charge in [-0.1, -0.05) is 43.7 Å². The summed E-state index contributed by atoms with van der Waals surface area (Å²) in [6.45, 7) is 2.86. The molecule has 0 bridgehead atoms. The summed E-state index contributed by atoms with van der Waals surface area (Å²) in [6, 6.07) is 28.2. The second kappa shape index (κ2) is 10.4. The van der Waals surface area contributed by atoms with Gasteiger partial charge in [0.15, 0.2) is 0 Å². The molecule has 3 aromatic carbocycles. The van der Waals surface area contributed by atoms with E-state index in [2.05, 4.69) is 18.0 Å². The minimum absolute atomic E-state index is 0.514. The molecule has 2 aromatic heterocycles. The average Bonchev–Trinajstić information content (AvgIpc) is 3.53. The molecule has 6 heteroatoms. The van der Waals surface area contributed by atoms with E-state index in [0.29, 0.717) is 17.2 Å². The normalized spacial score (nSPS) is 11.5. The Morgan fingerprint density at radius 2 is 1.80 bits per heavy atom. The number of aromatic nitrogens is 3. The Morgan fingerprint density at radius 1 is 1.03 bits per heavy atom. The molecule has 0 unspecified atom stereocenters. The number of unbranched alkanes of at least 4 members (excludes halogenated alkanes) is 1. The van der Waals surface area contributed by atoms with Gasteiger partial charge in [-0.25, -0.2) is 9.67 Å². The van der Waals surface area contributed by atoms with Crippen LogP contribution in [0.4, 0.5) is 0 Å². The molecule has 0 N–H and O–H groups in total. The van der Waals surface area contributed by atoms with Crippen molar-refractivity contribution in [1.29, 1.82) is 5.26 Å². The quantitative estimate of drug-likeness (QED) is 0.173. The first-order valence-corrected chi connectivity index (χ1v) is 12.4. The summed E-state index contributed by atoms with van der Waals surface area (Å²) >= 11 is 1.52. The van der Waals surface area contributed by atoms with Crippen molar-refractivity contribution in [2.24, 2.45) is 0 Å². The van der Waals surface area contributed by atoms with Gasteiger partial charge in [0.2, 0.25) is 0 Å². The van der Waals surface area contributed by atoms with E-state index in [4.69, 9.17) is 9.84 Å². The molecule has 0 aliphatic carbocycles. The first-order chi connectivity index (χ1) is 17.2. The fraction of sp³-hybridized carbons (Fsp3) is 0.138. The zero-order valence-electron chi connectivity index (χ0n) is 19.4. The highest BCUT2D eigenvalue weighted by atomic mass is 32.1. The van der Waals surface area contributed by atoms with Gasteiger partial charge >= 0.3 is 0 Å². The molecular weight excluding hydrogens is 452 g/mol. The lowest BCUT2D eigenvalue weighted by Gasteiger charge is -2.06. The van der Waals surface area contributed by atoms with Crippen LogP contribution in [-0.2, 0) is 0 Å². The Morgan fingerprint density at radius 3 is 2.54 bits per heavy atom. The van der Waals surface area contributed by atoms with Gasteiger partial charge in [0.25, 0.3) is 0 Å². The second-order valence-electron chi connectivity index (χ2n) is 8.10. The zero-order chi connectivity index (χ0) is 24.0. The van der Waals surface area contributed by atoms with E-state index < -0.39 is 0 Å². The van der Waals surface area contributed by atoms with E-state index in [1.165, 1.54) is 11.3 Å². The number of benzene rings is 3. The molecule has 0 atom stereocenters. The minimum atomic E-state index is 0.514. The van der Waals surface area contributed by atoms with Gasteiger partial charge in [-0.15, -0.1) is 11.3 Å². The third-order valence-electron chi connectivity index (χ3n) is 5.60. The van der Waals surface area contributed by atoms with Crippen LogP contribution in [0.2, 0.25) is 0 Å². The molecule has 0 saturated heterocycles. The van der Waals surface area contributed by atoms with Crippen molar-refractivity contribution in [2.45, 2.75) is 19.8 Å². The van der Waals surface area contributed by atoms with E-state index in [9.17, 15) is 5.26 Å². The third-order valence-corrected chi connectivity index (χ3v) is 6.67. The lowest BCUT2D eigenvalue weighted by Crippen LogP contribution is -1.96. The number of ether oxygens (including phenoxy) is 1. The summed E-state index contributed by atoms with van der Waals surface area (Å²) in [5.41, 5.74) is 4.96. The van der Waals surface area contributed by atoms with E-state index in [0.717, 1.165) is 51.3 Å². The van der Waals surface area contributed by atoms with Crippen LogP contribution in [0.5, 0.6) is 5.75 Å². The van der Waals surface area contributed by atoms with Crippen molar-refractivity contribution in [3.8, 4) is 28.8 Å². The molecule has 0 amide bonds. The lowest BCUT2D eigenvalue weighted by molar-refractivity contribution is 0.309. The largest absolute Gasteiger partial charge is 0.494 e. The van der Waals surface area contributed by atoms with Crippen molar-refractivity contribution in [1.82, 2.24) is 14.8 Å². The monoisotopic (exact) mass is 476 g/mol. The fourth-order valence-corrected chi connectivity index (χ4v) is 4.69. The van der Waals surface area contributed by atoms with Gasteiger partial charge in [0.05, 0.1) is 33.8 Å². The number of rotatable bonds is 8. The number of nitrogens with zero attached hydrogens (tertiary/aromatic N) is 4. The van der Waals surface area contributed by atoms with Crippen LogP contribution in [-0.4, -0.2) is 21.4 Å². The standard InChI is InChI=1S/C29H24N4OS/c1-2-3-17-34-25-15-13-21(14-16-25)28-23(20-33(32-28)24-9-5-4-6-10-24)18-22(19-30)29-31-26-11-7-8-12-27(26)35-29/h4-16,18,20H,2-3,17H2,1H3/b22-18+. The van der Waals surface area contributed by atoms with Crippen molar-refractivity contribution in [2.75, 3.05) is 6.61 Å². The molecule has 0 aliphatic rings. The summed E-state index contributed by atoms with van der Waals surface area (Å²) in [6.07, 6.45) is 5.97. The number of hydrogen-bond donors (Lipinski definition) is 0. The Kier molecular flexibility index (Phi) is 6.69. The van der Waals surface area contributed by atoms with Crippen LogP contribution >= 0.6 is 11.3 Å². The smallest absolute Gasteiger partial charge is 0.135 e. The number of thiazole rings is 1. The van der Waals surface area contributed by atoms with Gasteiger partial charge in [0.1, 0.15) is 16.8 Å². The van der Waals surface area contributed by atoms with Crippen molar-refractivity contribution < 1.29 is 4.74 Å². The van der Waals surface area contributed by atoms with Crippen LogP contribution in [0, 0.1) is 11.3 Å². The first-order valence-electron chi connectivity index (χ1n) is 11.6. The SMILES string of the molecule is CCCCOc1ccc(-c2nn(-c3ccccc3)cc2/C=C(\C#N)c2nc3ccccc3s2)cc1. The molecule has 2 heterocycles. The molecule has 35 heavy (non-hydrogen) atoms. The lowest BCUT2D eigenvalue weighted by atomic mass is 10.1. The molecule has 5 aromatic rings. The summed E-state index contributed by atoms with van der Waals surface area (Å²) in [4.78, 5) is 4.68. The highest BCUT2D eigenvalue weighted by molar-refractivity contribution is 7.19. The van der Waals surface area contributed by atoms with Gasteiger partial charge in [-0.2, -0.15) is 10.4 Å². The Hall–Kier alpha value is -4.21. The summed E-state index contributed by atoms with van der Waals surface area (Å²) < 4.78 is 8.73. The maximum absolute atomic E-state index is 10.00. The summed E-state index contributed by atoms with van der Waals surface area (Å²) in [5, 5.41) is 15.6. The number of hydrogen-bond acceptors (Lipinski definition) is 5. The molecule has 5 rings (SSSR count). The highest BCUT2D eigenvalue weighted by Crippen LogP contribution is 2.32. The number of fused-ring (bicyclic) bond motifs is 1. The molecule has 5 nitrogen and oxygen atoms in total. The van der Waals surface area contributed by atoms with Gasteiger partial charge in [-0.05, 0) is 61.0 Å². The summed E-state index contributed by atoms with van der Waals surface area (Å²) in [7, 11) is 0. The average molecular weight is 477 g/mol. The van der Waals surface area contributed by atoms with Crippen LogP contribution < -0.4 is 4.74 Å². The topological polar surface area (TPSA) is 63.7 Å². The van der Waals surface area contributed by atoms with E-state index in [1.807, 2.05) is 95.8 Å². The number of allylic oxidation sites excluding steroid dienone is 1. The molecule has 0 radical (unpaired) electrons. The highest BCUT2D eigenvalue weighted by Gasteiger charge is 2.15. The molecule has 0 aliphatic heterocycles. The van der Waals surface area contributed by atoms with Crippen LogP contribution in [0.25, 0.3) is 38.8 Å². The maximum Gasteiger partial charge on any atom is 0.135 e. The summed E-state index contributed by atoms with van der Waals surface area (Å²) in [5.74, 6) is 0.842. The fourth-order valence-electron chi connectivity index (χ4n) is 3.76. The third kappa shape index (κ3) is 5.01. The number of nitriles is 1. The molecular formula is C29H24N4OS. The van der Waals surface area contributed by atoms with E-state index >= 15 is 0 Å². The zero-order valence-corrected chi connectivity index (χ0v) is 20.2. The molecule has 0 saturated carbocycles. The Labute approximate surface area is 208 Å². The van der Waals surface area contributed by atoms with Crippen molar-refractivity contribution in [3.05, 3.63) is 95.6 Å². The molecule has 172 valence electrons. The molecule has 0 spiro atoms. The van der Waals surface area contributed by atoms with Crippen molar-refractivity contribution >= 4 is 33.2 Å². The van der Waals surface area contributed by atoms with E-state index in [1.54, 1.807) is 0 Å². The van der Waals surface area contributed by atoms with Gasteiger partial charge < -0.3 is 4.74 Å². The Bertz CT molecular complexity index is 1480. The molecule has 0 fully saturated rings. The van der Waals surface area contributed by atoms with E-state index in [-0.39, 0.29) is 0 Å². The minimum Gasteiger partial charge on any atom is -0.494 e. The second-order valence-corrected chi connectivity index (χ2v) is 9.13. The predicted octanol–water partition coefficient (Wildman–Crippen LogP) is 7.39. The van der Waals surface area contributed by atoms with Crippen LogP contribution in [0.3, 0.4) is 0 Å². The van der Waals surface area contributed by atoms with Crippen LogP contribution in [0.1, 0.15) is 30.3 Å². The first kappa shape index (κ1) is 22.6. The number of para-hydroxylation sites is 2. The van der Waals surface area contributed by atoms with Crippen molar-refractivity contribution in [3.63, 3.8) is 0 Å². The van der Waals surface area contributed by atoms with Crippen LogP contribution in [0.15, 0.2) is 85.1 Å². The van der Waals surface area contributed by atoms with Gasteiger partial charge in [-0.3, -0.25) is 0 Å². The maximum atomic E-state index is 10.00. The van der Waals surface area contributed by atoms with Gasteiger partial charge in [0, 0.05) is 17.3 Å². The predicted molar refractivity (Wildman–Crippen MR) is 143 cm³/mol.